The van der Waals surface area contributed by atoms with Gasteiger partial charge >= 0.3 is 6.18 Å². The number of halogens is 4. The first kappa shape index (κ1) is 13.8. The third-order valence-corrected chi connectivity index (χ3v) is 2.21. The standard InChI is InChI=1S/C11H13F4NO/c1-17-10-3-2-7(5-9(10)12)4-8(16)6-11(13,14)15/h2-3,5,8H,4,6,16H2,1H3. The Labute approximate surface area is 96.4 Å². The van der Waals surface area contributed by atoms with Gasteiger partial charge in [0.25, 0.3) is 0 Å². The number of benzene rings is 1. The lowest BCUT2D eigenvalue weighted by Gasteiger charge is -2.14. The van der Waals surface area contributed by atoms with Crippen molar-refractivity contribution >= 4 is 0 Å². The smallest absolute Gasteiger partial charge is 0.390 e. The van der Waals surface area contributed by atoms with Gasteiger partial charge in [0.2, 0.25) is 0 Å². The Morgan fingerprint density at radius 1 is 1.35 bits per heavy atom. The number of rotatable bonds is 4. The molecule has 96 valence electrons. The molecule has 0 saturated carbocycles. The summed E-state index contributed by atoms with van der Waals surface area (Å²) in [4.78, 5) is 0. The summed E-state index contributed by atoms with van der Waals surface area (Å²) in [5, 5.41) is 0. The molecule has 2 nitrogen and oxygen atoms in total. The van der Waals surface area contributed by atoms with Gasteiger partial charge in [-0.25, -0.2) is 4.39 Å². The summed E-state index contributed by atoms with van der Waals surface area (Å²) in [7, 11) is 1.31. The fourth-order valence-electron chi connectivity index (χ4n) is 1.51. The molecule has 1 aromatic carbocycles. The van der Waals surface area contributed by atoms with Gasteiger partial charge in [0.1, 0.15) is 0 Å². The Hall–Kier alpha value is -1.30. The Morgan fingerprint density at radius 2 is 2.00 bits per heavy atom. The van der Waals surface area contributed by atoms with Crippen LogP contribution in [0.3, 0.4) is 0 Å². The first-order valence-corrected chi connectivity index (χ1v) is 4.96. The molecule has 2 N–H and O–H groups in total. The zero-order valence-corrected chi connectivity index (χ0v) is 9.22. The van der Waals surface area contributed by atoms with Crippen LogP contribution in [0.4, 0.5) is 17.6 Å². The van der Waals surface area contributed by atoms with Crippen LogP contribution in [0.2, 0.25) is 0 Å². The minimum absolute atomic E-state index is 0.0274. The van der Waals surface area contributed by atoms with Gasteiger partial charge in [0, 0.05) is 6.04 Å². The fourth-order valence-corrected chi connectivity index (χ4v) is 1.51. The van der Waals surface area contributed by atoms with Gasteiger partial charge in [-0.1, -0.05) is 6.07 Å². The van der Waals surface area contributed by atoms with Gasteiger partial charge in [-0.05, 0) is 24.1 Å². The summed E-state index contributed by atoms with van der Waals surface area (Å²) in [6, 6.07) is 2.93. The quantitative estimate of drug-likeness (QED) is 0.835. The zero-order chi connectivity index (χ0) is 13.1. The molecule has 17 heavy (non-hydrogen) atoms. The summed E-state index contributed by atoms with van der Waals surface area (Å²) in [6.07, 6.45) is -5.41. The molecule has 1 unspecified atom stereocenters. The van der Waals surface area contributed by atoms with Gasteiger partial charge in [0.05, 0.1) is 13.5 Å². The van der Waals surface area contributed by atoms with Gasteiger partial charge in [-0.2, -0.15) is 13.2 Å². The fraction of sp³-hybridized carbons (Fsp3) is 0.455. The number of nitrogens with two attached hydrogens (primary N) is 1. The molecule has 0 bridgehead atoms. The van der Waals surface area contributed by atoms with E-state index in [9.17, 15) is 17.6 Å². The zero-order valence-electron chi connectivity index (χ0n) is 9.22. The highest BCUT2D eigenvalue weighted by Crippen LogP contribution is 2.23. The average Bonchev–Trinajstić information content (AvgIpc) is 2.14. The van der Waals surface area contributed by atoms with E-state index in [0.717, 1.165) is 6.07 Å². The van der Waals surface area contributed by atoms with Crippen LogP contribution in [0.1, 0.15) is 12.0 Å². The van der Waals surface area contributed by atoms with Crippen molar-refractivity contribution < 1.29 is 22.3 Å². The third-order valence-electron chi connectivity index (χ3n) is 2.21. The number of ether oxygens (including phenoxy) is 1. The maximum Gasteiger partial charge on any atom is 0.390 e. The second kappa shape index (κ2) is 5.35. The summed E-state index contributed by atoms with van der Waals surface area (Å²) >= 11 is 0. The Morgan fingerprint density at radius 3 is 2.47 bits per heavy atom. The van der Waals surface area contributed by atoms with E-state index in [4.69, 9.17) is 10.5 Å². The number of alkyl halides is 3. The predicted molar refractivity (Wildman–Crippen MR) is 55.3 cm³/mol. The monoisotopic (exact) mass is 251 g/mol. The van der Waals surface area contributed by atoms with Crippen molar-refractivity contribution in [2.24, 2.45) is 5.73 Å². The largest absolute Gasteiger partial charge is 0.494 e. The molecule has 0 spiro atoms. The van der Waals surface area contributed by atoms with E-state index in [0.29, 0.717) is 5.56 Å². The van der Waals surface area contributed by atoms with Crippen LogP contribution in [0.5, 0.6) is 5.75 Å². The van der Waals surface area contributed by atoms with E-state index < -0.39 is 24.5 Å². The lowest BCUT2D eigenvalue weighted by atomic mass is 10.0. The van der Waals surface area contributed by atoms with Crippen LogP contribution in [0.25, 0.3) is 0 Å². The van der Waals surface area contributed by atoms with E-state index >= 15 is 0 Å². The van der Waals surface area contributed by atoms with Crippen molar-refractivity contribution in [3.8, 4) is 5.75 Å². The highest BCUT2D eigenvalue weighted by Gasteiger charge is 2.30. The molecule has 1 atom stereocenters. The molecule has 0 amide bonds. The molecule has 0 radical (unpaired) electrons. The number of hydrogen-bond donors (Lipinski definition) is 1. The third kappa shape index (κ3) is 4.60. The molecule has 0 fully saturated rings. The summed E-state index contributed by atoms with van der Waals surface area (Å²) in [5.74, 6) is -0.553. The summed E-state index contributed by atoms with van der Waals surface area (Å²) in [6.45, 7) is 0. The summed E-state index contributed by atoms with van der Waals surface area (Å²) in [5.41, 5.74) is 5.76. The Bertz CT molecular complexity index is 378. The van der Waals surface area contributed by atoms with Gasteiger partial charge < -0.3 is 10.5 Å². The highest BCUT2D eigenvalue weighted by molar-refractivity contribution is 5.29. The van der Waals surface area contributed by atoms with Crippen molar-refractivity contribution in [2.75, 3.05) is 7.11 Å². The van der Waals surface area contributed by atoms with Crippen molar-refractivity contribution in [1.29, 1.82) is 0 Å². The van der Waals surface area contributed by atoms with E-state index in [2.05, 4.69) is 0 Å². The predicted octanol–water partition coefficient (Wildman–Crippen LogP) is 2.66. The SMILES string of the molecule is COc1ccc(CC(N)CC(F)(F)F)cc1F. The first-order valence-electron chi connectivity index (χ1n) is 4.96. The normalized spacial score (nSPS) is 13.5. The van der Waals surface area contributed by atoms with Crippen LogP contribution < -0.4 is 10.5 Å². The second-order valence-corrected chi connectivity index (χ2v) is 3.75. The lowest BCUT2D eigenvalue weighted by molar-refractivity contribution is -0.138. The Balaban J connectivity index is 2.66. The summed E-state index contributed by atoms with van der Waals surface area (Å²) < 4.78 is 54.0. The molecule has 0 aliphatic rings. The van der Waals surface area contributed by atoms with Crippen LogP contribution in [-0.2, 0) is 6.42 Å². The maximum absolute atomic E-state index is 13.3. The average molecular weight is 251 g/mol. The van der Waals surface area contributed by atoms with Gasteiger partial charge in [-0.3, -0.25) is 0 Å². The van der Waals surface area contributed by atoms with E-state index in [1.54, 1.807) is 0 Å². The van der Waals surface area contributed by atoms with Crippen LogP contribution >= 0.6 is 0 Å². The van der Waals surface area contributed by atoms with Crippen molar-refractivity contribution in [3.05, 3.63) is 29.6 Å². The van der Waals surface area contributed by atoms with Crippen molar-refractivity contribution in [1.82, 2.24) is 0 Å². The molecular weight excluding hydrogens is 238 g/mol. The van der Waals surface area contributed by atoms with E-state index in [-0.39, 0.29) is 12.2 Å². The molecular formula is C11H13F4NO. The molecule has 0 aliphatic carbocycles. The molecule has 0 heterocycles. The van der Waals surface area contributed by atoms with Crippen LogP contribution in [0, 0.1) is 5.82 Å². The molecule has 1 aromatic rings. The van der Waals surface area contributed by atoms with E-state index in [1.807, 2.05) is 0 Å². The molecule has 1 rings (SSSR count). The number of hydrogen-bond acceptors (Lipinski definition) is 2. The molecule has 0 aromatic heterocycles. The van der Waals surface area contributed by atoms with Gasteiger partial charge in [-0.15, -0.1) is 0 Å². The second-order valence-electron chi connectivity index (χ2n) is 3.75. The molecule has 6 heteroatoms. The lowest BCUT2D eigenvalue weighted by Crippen LogP contribution is -2.29. The van der Waals surface area contributed by atoms with Crippen LogP contribution in [0.15, 0.2) is 18.2 Å². The van der Waals surface area contributed by atoms with Crippen molar-refractivity contribution in [2.45, 2.75) is 25.1 Å². The Kier molecular flexibility index (Phi) is 4.34. The minimum Gasteiger partial charge on any atom is -0.494 e. The molecule has 0 saturated heterocycles. The van der Waals surface area contributed by atoms with Crippen molar-refractivity contribution in [3.63, 3.8) is 0 Å². The highest BCUT2D eigenvalue weighted by atomic mass is 19.4. The molecule has 0 aliphatic heterocycles. The topological polar surface area (TPSA) is 35.2 Å². The first-order chi connectivity index (χ1) is 7.81. The number of methoxy groups -OCH3 is 1. The maximum atomic E-state index is 13.3. The van der Waals surface area contributed by atoms with E-state index in [1.165, 1.54) is 19.2 Å². The minimum atomic E-state index is -4.30. The van der Waals surface area contributed by atoms with Gasteiger partial charge in [0.15, 0.2) is 11.6 Å². The van der Waals surface area contributed by atoms with Crippen LogP contribution in [-0.4, -0.2) is 19.3 Å².